The zero-order valence-corrected chi connectivity index (χ0v) is 14.5. The van der Waals surface area contributed by atoms with Gasteiger partial charge < -0.3 is 15.0 Å². The molecule has 1 aliphatic rings. The number of amides is 2. The molecule has 1 aliphatic heterocycles. The van der Waals surface area contributed by atoms with Crippen molar-refractivity contribution >= 4 is 29.1 Å². The molecule has 1 saturated heterocycles. The minimum Gasteiger partial charge on any atom is -0.378 e. The lowest BCUT2D eigenvalue weighted by atomic mass is 10.1. The molecule has 0 atom stereocenters. The van der Waals surface area contributed by atoms with Gasteiger partial charge in [0.2, 0.25) is 5.91 Å². The van der Waals surface area contributed by atoms with Gasteiger partial charge in [-0.15, -0.1) is 0 Å². The number of nitrogens with one attached hydrogen (secondary N) is 1. The first kappa shape index (κ1) is 17.5. The van der Waals surface area contributed by atoms with Crippen LogP contribution in [0.25, 0.3) is 0 Å². The average Bonchev–Trinajstić information content (AvgIpc) is 2.64. The van der Waals surface area contributed by atoms with Crippen molar-refractivity contribution in [1.82, 2.24) is 4.90 Å². The second kappa shape index (κ2) is 8.14. The van der Waals surface area contributed by atoms with Gasteiger partial charge in [0, 0.05) is 29.4 Å². The van der Waals surface area contributed by atoms with Gasteiger partial charge in [-0.3, -0.25) is 9.59 Å². The van der Waals surface area contributed by atoms with Crippen LogP contribution in [-0.2, 0) is 16.0 Å². The van der Waals surface area contributed by atoms with Crippen LogP contribution in [0.4, 0.5) is 5.69 Å². The average molecular weight is 359 g/mol. The predicted molar refractivity (Wildman–Crippen MR) is 97.0 cm³/mol. The van der Waals surface area contributed by atoms with Crippen molar-refractivity contribution in [2.24, 2.45) is 0 Å². The maximum Gasteiger partial charge on any atom is 0.255 e. The Bertz CT molecular complexity index is 756. The van der Waals surface area contributed by atoms with E-state index >= 15 is 0 Å². The summed E-state index contributed by atoms with van der Waals surface area (Å²) >= 11 is 5.90. The zero-order valence-electron chi connectivity index (χ0n) is 13.7. The molecular formula is C19H19ClN2O3. The van der Waals surface area contributed by atoms with Gasteiger partial charge in [-0.1, -0.05) is 29.8 Å². The highest BCUT2D eigenvalue weighted by Crippen LogP contribution is 2.15. The summed E-state index contributed by atoms with van der Waals surface area (Å²) < 4.78 is 5.25. The fourth-order valence-electron chi connectivity index (χ4n) is 2.64. The summed E-state index contributed by atoms with van der Waals surface area (Å²) in [5.41, 5.74) is 2.09. The van der Waals surface area contributed by atoms with E-state index < -0.39 is 0 Å². The first-order chi connectivity index (χ1) is 12.1. The van der Waals surface area contributed by atoms with Gasteiger partial charge in [-0.05, 0) is 35.9 Å². The maximum atomic E-state index is 12.2. The fraction of sp³-hybridized carbons (Fsp3) is 0.263. The number of hydrogen-bond acceptors (Lipinski definition) is 3. The summed E-state index contributed by atoms with van der Waals surface area (Å²) in [5.74, 6) is -0.126. The Hall–Kier alpha value is -2.37. The van der Waals surface area contributed by atoms with Crippen molar-refractivity contribution in [1.29, 1.82) is 0 Å². The number of carbonyl (C=O) groups is 2. The van der Waals surface area contributed by atoms with E-state index in [2.05, 4.69) is 5.32 Å². The van der Waals surface area contributed by atoms with E-state index in [1.807, 2.05) is 17.0 Å². The van der Waals surface area contributed by atoms with E-state index in [9.17, 15) is 9.59 Å². The van der Waals surface area contributed by atoms with Gasteiger partial charge in [0.1, 0.15) is 0 Å². The normalized spacial score (nSPS) is 14.2. The van der Waals surface area contributed by atoms with Crippen LogP contribution in [0.3, 0.4) is 0 Å². The first-order valence-electron chi connectivity index (χ1n) is 8.13. The van der Waals surface area contributed by atoms with Gasteiger partial charge in [0.15, 0.2) is 0 Å². The molecule has 6 heteroatoms. The SMILES string of the molecule is O=C(Nc1ccc(CC(=O)N2CCOCC2)cc1)c1cccc(Cl)c1. The lowest BCUT2D eigenvalue weighted by Gasteiger charge is -2.26. The van der Waals surface area contributed by atoms with Crippen molar-refractivity contribution in [3.8, 4) is 0 Å². The third-order valence-electron chi connectivity index (χ3n) is 4.02. The van der Waals surface area contributed by atoms with Crippen LogP contribution in [0.15, 0.2) is 48.5 Å². The maximum absolute atomic E-state index is 12.2. The molecule has 0 spiro atoms. The van der Waals surface area contributed by atoms with E-state index in [4.69, 9.17) is 16.3 Å². The summed E-state index contributed by atoms with van der Waals surface area (Å²) in [7, 11) is 0. The minimum atomic E-state index is -0.223. The molecule has 0 bridgehead atoms. The van der Waals surface area contributed by atoms with Crippen LogP contribution < -0.4 is 5.32 Å². The molecule has 1 N–H and O–H groups in total. The van der Waals surface area contributed by atoms with Crippen molar-refractivity contribution in [3.05, 3.63) is 64.7 Å². The number of ether oxygens (including phenoxy) is 1. The quantitative estimate of drug-likeness (QED) is 0.914. The van der Waals surface area contributed by atoms with Crippen molar-refractivity contribution in [2.75, 3.05) is 31.6 Å². The van der Waals surface area contributed by atoms with Gasteiger partial charge in [-0.2, -0.15) is 0 Å². The summed E-state index contributed by atoms with van der Waals surface area (Å²) in [6, 6.07) is 14.1. The van der Waals surface area contributed by atoms with E-state index in [1.165, 1.54) is 0 Å². The Kier molecular flexibility index (Phi) is 5.68. The molecule has 0 radical (unpaired) electrons. The number of anilines is 1. The molecule has 1 heterocycles. The van der Waals surface area contributed by atoms with E-state index in [1.54, 1.807) is 36.4 Å². The van der Waals surface area contributed by atoms with Crippen LogP contribution in [0.1, 0.15) is 15.9 Å². The Balaban J connectivity index is 1.58. The lowest BCUT2D eigenvalue weighted by molar-refractivity contribution is -0.134. The van der Waals surface area contributed by atoms with Crippen LogP contribution in [0.2, 0.25) is 5.02 Å². The number of carbonyl (C=O) groups excluding carboxylic acids is 2. The number of morpholine rings is 1. The van der Waals surface area contributed by atoms with Crippen molar-refractivity contribution in [3.63, 3.8) is 0 Å². The third kappa shape index (κ3) is 4.81. The van der Waals surface area contributed by atoms with Gasteiger partial charge in [-0.25, -0.2) is 0 Å². The van der Waals surface area contributed by atoms with E-state index in [0.717, 1.165) is 5.56 Å². The molecule has 0 aliphatic carbocycles. The molecule has 2 aromatic rings. The second-order valence-electron chi connectivity index (χ2n) is 5.83. The summed E-state index contributed by atoms with van der Waals surface area (Å²) in [6.07, 6.45) is 0.350. The molecule has 2 aromatic carbocycles. The largest absolute Gasteiger partial charge is 0.378 e. The standard InChI is InChI=1S/C19H19ClN2O3/c20-16-3-1-2-15(13-16)19(24)21-17-6-4-14(5-7-17)12-18(23)22-8-10-25-11-9-22/h1-7,13H,8-12H2,(H,21,24). The minimum absolute atomic E-state index is 0.0963. The number of nitrogens with zero attached hydrogens (tertiary/aromatic N) is 1. The molecule has 5 nitrogen and oxygen atoms in total. The Morgan fingerprint density at radius 2 is 1.80 bits per heavy atom. The zero-order chi connectivity index (χ0) is 17.6. The lowest BCUT2D eigenvalue weighted by Crippen LogP contribution is -2.41. The number of halogens is 1. The molecule has 130 valence electrons. The monoisotopic (exact) mass is 358 g/mol. The highest BCUT2D eigenvalue weighted by molar-refractivity contribution is 6.31. The van der Waals surface area contributed by atoms with Crippen LogP contribution in [0.5, 0.6) is 0 Å². The molecule has 0 aromatic heterocycles. The first-order valence-corrected chi connectivity index (χ1v) is 8.51. The Morgan fingerprint density at radius 3 is 2.48 bits per heavy atom. The van der Waals surface area contributed by atoms with Crippen molar-refractivity contribution in [2.45, 2.75) is 6.42 Å². The van der Waals surface area contributed by atoms with E-state index in [-0.39, 0.29) is 11.8 Å². The Labute approximate surface area is 151 Å². The fourth-order valence-corrected chi connectivity index (χ4v) is 2.83. The second-order valence-corrected chi connectivity index (χ2v) is 6.27. The molecule has 1 fully saturated rings. The molecule has 3 rings (SSSR count). The van der Waals surface area contributed by atoms with Crippen LogP contribution >= 0.6 is 11.6 Å². The predicted octanol–water partition coefficient (Wildman–Crippen LogP) is 2.99. The molecule has 0 saturated carbocycles. The van der Waals surface area contributed by atoms with Gasteiger partial charge in [0.05, 0.1) is 19.6 Å². The molecule has 25 heavy (non-hydrogen) atoms. The number of hydrogen-bond donors (Lipinski definition) is 1. The van der Waals surface area contributed by atoms with E-state index in [0.29, 0.717) is 49.0 Å². The third-order valence-corrected chi connectivity index (χ3v) is 4.25. The molecular weight excluding hydrogens is 340 g/mol. The highest BCUT2D eigenvalue weighted by atomic mass is 35.5. The summed E-state index contributed by atoms with van der Waals surface area (Å²) in [4.78, 5) is 26.2. The van der Waals surface area contributed by atoms with Gasteiger partial charge in [0.25, 0.3) is 5.91 Å². The van der Waals surface area contributed by atoms with Crippen molar-refractivity contribution < 1.29 is 14.3 Å². The van der Waals surface area contributed by atoms with Crippen LogP contribution in [0, 0.1) is 0 Å². The van der Waals surface area contributed by atoms with Gasteiger partial charge >= 0.3 is 0 Å². The molecule has 0 unspecified atom stereocenters. The number of rotatable bonds is 4. The van der Waals surface area contributed by atoms with Crippen LogP contribution in [-0.4, -0.2) is 43.0 Å². The Morgan fingerprint density at radius 1 is 1.08 bits per heavy atom. The number of benzene rings is 2. The summed E-state index contributed by atoms with van der Waals surface area (Å²) in [6.45, 7) is 2.49. The highest BCUT2D eigenvalue weighted by Gasteiger charge is 2.17. The smallest absolute Gasteiger partial charge is 0.255 e. The molecule has 2 amide bonds. The summed E-state index contributed by atoms with van der Waals surface area (Å²) in [5, 5.41) is 3.34. The topological polar surface area (TPSA) is 58.6 Å².